The number of para-hydroxylation sites is 1. The lowest BCUT2D eigenvalue weighted by molar-refractivity contribution is -0.118. The molecule has 0 fully saturated rings. The van der Waals surface area contributed by atoms with Crippen molar-refractivity contribution >= 4 is 39.2 Å². The Morgan fingerprint density at radius 2 is 2.07 bits per heavy atom. The summed E-state index contributed by atoms with van der Waals surface area (Å²) in [6.07, 6.45) is 1.87. The molecule has 0 radical (unpaired) electrons. The van der Waals surface area contributed by atoms with Gasteiger partial charge in [0.05, 0.1) is 18.2 Å². The van der Waals surface area contributed by atoms with Crippen molar-refractivity contribution in [3.63, 3.8) is 0 Å². The summed E-state index contributed by atoms with van der Waals surface area (Å²) in [7, 11) is 1.61. The maximum Gasteiger partial charge on any atom is 0.263 e. The highest BCUT2D eigenvalue weighted by Crippen LogP contribution is 2.28. The Kier molecular flexibility index (Phi) is 7.55. The third kappa shape index (κ3) is 4.87. The predicted molar refractivity (Wildman–Crippen MR) is 124 cm³/mol. The van der Waals surface area contributed by atoms with Crippen LogP contribution in [0, 0.1) is 13.8 Å². The molecule has 3 rings (SSSR count). The molecule has 6 nitrogen and oxygen atoms in total. The van der Waals surface area contributed by atoms with Crippen LogP contribution in [0.15, 0.2) is 34.2 Å². The number of carbonyl (C=O) groups is 1. The summed E-state index contributed by atoms with van der Waals surface area (Å²) in [5.41, 5.74) is 1.92. The van der Waals surface area contributed by atoms with E-state index in [-0.39, 0.29) is 17.2 Å². The highest BCUT2D eigenvalue weighted by atomic mass is 32.2. The predicted octanol–water partition coefficient (Wildman–Crippen LogP) is 4.29. The molecule has 160 valence electrons. The number of nitrogens with zero attached hydrogens (tertiary/aromatic N) is 2. The Hall–Kier alpha value is -2.32. The molecule has 0 spiro atoms. The highest BCUT2D eigenvalue weighted by molar-refractivity contribution is 7.99. The topological polar surface area (TPSA) is 73.2 Å². The summed E-state index contributed by atoms with van der Waals surface area (Å²) >= 11 is 2.84. The molecule has 0 unspecified atom stereocenters. The van der Waals surface area contributed by atoms with Crippen LogP contribution in [0.2, 0.25) is 0 Å². The molecular formula is C22H27N3O3S2. The Morgan fingerprint density at radius 1 is 1.30 bits per heavy atom. The molecule has 1 N–H and O–H groups in total. The van der Waals surface area contributed by atoms with Gasteiger partial charge in [0.25, 0.3) is 5.56 Å². The van der Waals surface area contributed by atoms with Crippen LogP contribution < -0.4 is 15.6 Å². The maximum absolute atomic E-state index is 13.1. The Morgan fingerprint density at radius 3 is 2.80 bits per heavy atom. The Bertz CT molecular complexity index is 1100. The van der Waals surface area contributed by atoms with E-state index >= 15 is 0 Å². The second kappa shape index (κ2) is 10.1. The minimum absolute atomic E-state index is 0.00719. The third-order valence-electron chi connectivity index (χ3n) is 4.99. The molecule has 1 aromatic carbocycles. The largest absolute Gasteiger partial charge is 0.496 e. The third-order valence-corrected chi connectivity index (χ3v) is 7.07. The number of benzene rings is 1. The molecule has 0 aliphatic rings. The van der Waals surface area contributed by atoms with Gasteiger partial charge in [-0.15, -0.1) is 11.3 Å². The lowest BCUT2D eigenvalue weighted by Gasteiger charge is -2.12. The van der Waals surface area contributed by atoms with Gasteiger partial charge < -0.3 is 10.1 Å². The fourth-order valence-electron chi connectivity index (χ4n) is 3.16. The number of fused-ring (bicyclic) bond motifs is 1. The Balaban J connectivity index is 1.75. The molecule has 2 aromatic heterocycles. The molecular weight excluding hydrogens is 418 g/mol. The second-order valence-electron chi connectivity index (χ2n) is 7.05. The number of aryl methyl sites for hydroxylation is 2. The quantitative estimate of drug-likeness (QED) is 0.393. The van der Waals surface area contributed by atoms with Gasteiger partial charge in [-0.25, -0.2) is 4.98 Å². The van der Waals surface area contributed by atoms with Crippen molar-refractivity contribution < 1.29 is 9.53 Å². The molecule has 0 saturated carbocycles. The fraction of sp³-hybridized carbons (Fsp3) is 0.409. The van der Waals surface area contributed by atoms with Crippen molar-refractivity contribution in [1.29, 1.82) is 0 Å². The maximum atomic E-state index is 13.1. The van der Waals surface area contributed by atoms with Crippen LogP contribution >= 0.6 is 23.1 Å². The van der Waals surface area contributed by atoms with Crippen molar-refractivity contribution in [3.05, 3.63) is 50.6 Å². The normalized spacial score (nSPS) is 11.1. The van der Waals surface area contributed by atoms with Crippen LogP contribution in [0.5, 0.6) is 5.75 Å². The lowest BCUT2D eigenvalue weighted by Crippen LogP contribution is -2.27. The number of nitrogens with one attached hydrogen (secondary N) is 1. The van der Waals surface area contributed by atoms with E-state index in [1.807, 2.05) is 38.1 Å². The molecule has 3 aromatic rings. The van der Waals surface area contributed by atoms with E-state index in [9.17, 15) is 9.59 Å². The molecule has 1 amide bonds. The average molecular weight is 446 g/mol. The van der Waals surface area contributed by atoms with Crippen LogP contribution in [0.25, 0.3) is 10.2 Å². The van der Waals surface area contributed by atoms with E-state index in [2.05, 4.69) is 12.2 Å². The van der Waals surface area contributed by atoms with Crippen molar-refractivity contribution in [2.75, 3.05) is 12.9 Å². The van der Waals surface area contributed by atoms with Crippen molar-refractivity contribution in [1.82, 2.24) is 14.9 Å². The van der Waals surface area contributed by atoms with Crippen molar-refractivity contribution in [3.8, 4) is 5.75 Å². The summed E-state index contributed by atoms with van der Waals surface area (Å²) < 4.78 is 7.05. The van der Waals surface area contributed by atoms with E-state index in [1.54, 1.807) is 11.7 Å². The minimum atomic E-state index is -0.110. The lowest BCUT2D eigenvalue weighted by atomic mass is 10.2. The zero-order chi connectivity index (χ0) is 21.7. The number of hydrogen-bond acceptors (Lipinski definition) is 6. The number of unbranched alkanes of at least 4 members (excludes halogenated alkanes) is 1. The van der Waals surface area contributed by atoms with Crippen LogP contribution in [0.3, 0.4) is 0 Å². The SMILES string of the molecule is CCCCn1c(SCC(=O)NCc2ccccc2OC)nc2sc(C)c(C)c2c1=O. The first-order valence-corrected chi connectivity index (χ1v) is 11.8. The first kappa shape index (κ1) is 22.4. The number of carbonyl (C=O) groups excluding carboxylic acids is 1. The first-order chi connectivity index (χ1) is 14.5. The van der Waals surface area contributed by atoms with Crippen LogP contribution in [-0.2, 0) is 17.9 Å². The van der Waals surface area contributed by atoms with Crippen LogP contribution in [-0.4, -0.2) is 28.3 Å². The van der Waals surface area contributed by atoms with E-state index in [0.717, 1.165) is 39.4 Å². The molecule has 0 atom stereocenters. The summed E-state index contributed by atoms with van der Waals surface area (Å²) in [4.78, 5) is 32.1. The summed E-state index contributed by atoms with van der Waals surface area (Å²) in [6, 6.07) is 7.60. The zero-order valence-electron chi connectivity index (χ0n) is 17.8. The van der Waals surface area contributed by atoms with E-state index in [0.29, 0.717) is 23.6 Å². The van der Waals surface area contributed by atoms with Crippen molar-refractivity contribution in [2.24, 2.45) is 0 Å². The van der Waals surface area contributed by atoms with Gasteiger partial charge in [0, 0.05) is 23.5 Å². The number of thioether (sulfide) groups is 1. The molecule has 8 heteroatoms. The van der Waals surface area contributed by atoms with Gasteiger partial charge >= 0.3 is 0 Å². The van der Waals surface area contributed by atoms with Gasteiger partial charge in [0.2, 0.25) is 5.91 Å². The van der Waals surface area contributed by atoms with Gasteiger partial charge in [0.15, 0.2) is 5.16 Å². The zero-order valence-corrected chi connectivity index (χ0v) is 19.4. The molecule has 0 saturated heterocycles. The first-order valence-electron chi connectivity index (χ1n) is 9.98. The molecule has 30 heavy (non-hydrogen) atoms. The molecule has 0 bridgehead atoms. The fourth-order valence-corrected chi connectivity index (χ4v) is 5.08. The van der Waals surface area contributed by atoms with Gasteiger partial charge in [-0.05, 0) is 31.9 Å². The van der Waals surface area contributed by atoms with Gasteiger partial charge in [-0.3, -0.25) is 14.2 Å². The van der Waals surface area contributed by atoms with Gasteiger partial charge in [-0.2, -0.15) is 0 Å². The van der Waals surface area contributed by atoms with Crippen molar-refractivity contribution in [2.45, 2.75) is 51.9 Å². The molecule has 0 aliphatic heterocycles. The van der Waals surface area contributed by atoms with Crippen LogP contribution in [0.1, 0.15) is 35.8 Å². The highest BCUT2D eigenvalue weighted by Gasteiger charge is 2.17. The number of hydrogen-bond donors (Lipinski definition) is 1. The standard InChI is InChI=1S/C22H27N3O3S2/c1-5-6-11-25-21(27)19-14(2)15(3)30-20(19)24-22(25)29-13-18(26)23-12-16-9-7-8-10-17(16)28-4/h7-10H,5-6,11-13H2,1-4H3,(H,23,26). The Labute approximate surface area is 184 Å². The second-order valence-corrected chi connectivity index (χ2v) is 9.19. The summed E-state index contributed by atoms with van der Waals surface area (Å²) in [5.74, 6) is 0.831. The smallest absolute Gasteiger partial charge is 0.263 e. The number of aromatic nitrogens is 2. The number of amides is 1. The van der Waals surface area contributed by atoms with Crippen LogP contribution in [0.4, 0.5) is 0 Å². The summed E-state index contributed by atoms with van der Waals surface area (Å²) in [6.45, 7) is 7.07. The molecule has 0 aliphatic carbocycles. The van der Waals surface area contributed by atoms with Gasteiger partial charge in [-0.1, -0.05) is 43.3 Å². The van der Waals surface area contributed by atoms with E-state index in [1.165, 1.54) is 23.1 Å². The monoisotopic (exact) mass is 445 g/mol. The molecule has 2 heterocycles. The summed E-state index contributed by atoms with van der Waals surface area (Å²) in [5, 5.41) is 4.23. The minimum Gasteiger partial charge on any atom is -0.496 e. The number of rotatable bonds is 9. The van der Waals surface area contributed by atoms with Gasteiger partial charge in [0.1, 0.15) is 10.6 Å². The van der Waals surface area contributed by atoms with E-state index < -0.39 is 0 Å². The average Bonchev–Trinajstić information content (AvgIpc) is 3.03. The number of ether oxygens (including phenoxy) is 1. The number of methoxy groups -OCH3 is 1. The van der Waals surface area contributed by atoms with E-state index in [4.69, 9.17) is 9.72 Å². The number of thiophene rings is 1.